The summed E-state index contributed by atoms with van der Waals surface area (Å²) in [4.78, 5) is 15.8. The first-order valence-electron chi connectivity index (χ1n) is 7.10. The molecule has 1 heterocycles. The van der Waals surface area contributed by atoms with Gasteiger partial charge in [0, 0.05) is 30.3 Å². The number of amidine groups is 1. The first-order chi connectivity index (χ1) is 11.0. The predicted molar refractivity (Wildman–Crippen MR) is 85.5 cm³/mol. The molecule has 2 aromatic rings. The molecule has 118 valence electrons. The minimum atomic E-state index is -0.432. The molecule has 0 saturated carbocycles. The minimum Gasteiger partial charge on any atom is -0.368 e. The standard InChI is InChI=1S/C16H16N4O3/c1-11-3-5-13(6-4-11)16-17-19(2)15(18-23-16)12-7-9-14(10-8-12)20(21)22/h3-10,16-17H,1-2H3. The van der Waals surface area contributed by atoms with Crippen molar-refractivity contribution in [1.29, 1.82) is 0 Å². The lowest BCUT2D eigenvalue weighted by molar-refractivity contribution is -0.384. The Bertz CT molecular complexity index is 741. The number of rotatable bonds is 3. The third-order valence-corrected chi connectivity index (χ3v) is 3.59. The molecule has 1 aliphatic rings. The highest BCUT2D eigenvalue weighted by atomic mass is 16.7. The van der Waals surface area contributed by atoms with Crippen LogP contribution in [0.4, 0.5) is 5.69 Å². The van der Waals surface area contributed by atoms with Crippen LogP contribution < -0.4 is 5.43 Å². The van der Waals surface area contributed by atoms with Crippen LogP contribution in [0, 0.1) is 17.0 Å². The molecule has 7 nitrogen and oxygen atoms in total. The number of nitrogens with zero attached hydrogens (tertiary/aromatic N) is 3. The Morgan fingerprint density at radius 3 is 2.39 bits per heavy atom. The van der Waals surface area contributed by atoms with Crippen LogP contribution in [-0.2, 0) is 4.84 Å². The maximum absolute atomic E-state index is 10.7. The highest BCUT2D eigenvalue weighted by molar-refractivity contribution is 5.98. The van der Waals surface area contributed by atoms with Crippen LogP contribution in [0.2, 0.25) is 0 Å². The molecule has 1 aliphatic heterocycles. The third kappa shape index (κ3) is 3.14. The van der Waals surface area contributed by atoms with Crippen LogP contribution in [0.15, 0.2) is 53.7 Å². The van der Waals surface area contributed by atoms with Crippen molar-refractivity contribution in [1.82, 2.24) is 10.4 Å². The molecule has 2 aromatic carbocycles. The average molecular weight is 312 g/mol. The molecule has 3 rings (SSSR count). The molecular formula is C16H16N4O3. The molecule has 0 aromatic heterocycles. The largest absolute Gasteiger partial charge is 0.368 e. The Labute approximate surface area is 133 Å². The molecule has 7 heteroatoms. The van der Waals surface area contributed by atoms with Crippen molar-refractivity contribution >= 4 is 11.5 Å². The fourth-order valence-electron chi connectivity index (χ4n) is 2.28. The van der Waals surface area contributed by atoms with Crippen molar-refractivity contribution in [3.05, 3.63) is 75.3 Å². The summed E-state index contributed by atoms with van der Waals surface area (Å²) in [7, 11) is 1.82. The highest BCUT2D eigenvalue weighted by Crippen LogP contribution is 2.21. The van der Waals surface area contributed by atoms with Crippen LogP contribution in [0.3, 0.4) is 0 Å². The number of hydrogen-bond acceptors (Lipinski definition) is 6. The minimum absolute atomic E-state index is 0.0409. The van der Waals surface area contributed by atoms with Crippen molar-refractivity contribution in [2.24, 2.45) is 5.16 Å². The van der Waals surface area contributed by atoms with Gasteiger partial charge in [0.05, 0.1) is 4.92 Å². The zero-order chi connectivity index (χ0) is 16.4. The monoisotopic (exact) mass is 312 g/mol. The van der Waals surface area contributed by atoms with Crippen molar-refractivity contribution in [2.45, 2.75) is 13.2 Å². The lowest BCUT2D eigenvalue weighted by Gasteiger charge is -2.31. The van der Waals surface area contributed by atoms with E-state index in [4.69, 9.17) is 4.84 Å². The Hall–Kier alpha value is -2.93. The number of non-ortho nitro benzene ring substituents is 1. The number of nitro benzene ring substituents is 1. The Kier molecular flexibility index (Phi) is 3.94. The van der Waals surface area contributed by atoms with Gasteiger partial charge in [0.15, 0.2) is 5.84 Å². The summed E-state index contributed by atoms with van der Waals surface area (Å²) in [6.45, 7) is 2.02. The Balaban J connectivity index is 1.80. The molecule has 1 N–H and O–H groups in total. The Morgan fingerprint density at radius 2 is 1.83 bits per heavy atom. The number of nitrogens with one attached hydrogen (secondary N) is 1. The topological polar surface area (TPSA) is 80.0 Å². The molecule has 0 bridgehead atoms. The van der Waals surface area contributed by atoms with E-state index in [2.05, 4.69) is 10.6 Å². The van der Waals surface area contributed by atoms with E-state index < -0.39 is 4.92 Å². The van der Waals surface area contributed by atoms with E-state index in [1.807, 2.05) is 38.2 Å². The number of aryl methyl sites for hydroxylation is 1. The SMILES string of the molecule is Cc1ccc(C2NN(C)C(c3ccc([N+](=O)[O-])cc3)=NO2)cc1. The summed E-state index contributed by atoms with van der Waals surface area (Å²) in [6, 6.07) is 14.2. The molecule has 0 fully saturated rings. The first-order valence-corrected chi connectivity index (χ1v) is 7.10. The van der Waals surface area contributed by atoms with Gasteiger partial charge in [-0.3, -0.25) is 15.1 Å². The smallest absolute Gasteiger partial charge is 0.269 e. The average Bonchev–Trinajstić information content (AvgIpc) is 2.55. The van der Waals surface area contributed by atoms with Gasteiger partial charge < -0.3 is 4.84 Å². The van der Waals surface area contributed by atoms with Crippen LogP contribution in [0.1, 0.15) is 22.9 Å². The number of hydrogen-bond donors (Lipinski definition) is 1. The summed E-state index contributed by atoms with van der Waals surface area (Å²) < 4.78 is 0. The second kappa shape index (κ2) is 6.05. The van der Waals surface area contributed by atoms with Crippen LogP contribution >= 0.6 is 0 Å². The van der Waals surface area contributed by atoms with Gasteiger partial charge in [-0.1, -0.05) is 35.0 Å². The number of oxime groups is 1. The number of benzene rings is 2. The van der Waals surface area contributed by atoms with Gasteiger partial charge in [-0.25, -0.2) is 0 Å². The van der Waals surface area contributed by atoms with Crippen LogP contribution in [0.5, 0.6) is 0 Å². The van der Waals surface area contributed by atoms with Gasteiger partial charge in [-0.2, -0.15) is 5.43 Å². The second-order valence-corrected chi connectivity index (χ2v) is 5.30. The quantitative estimate of drug-likeness (QED) is 0.696. The van der Waals surface area contributed by atoms with Gasteiger partial charge in [0.2, 0.25) is 6.23 Å². The van der Waals surface area contributed by atoms with E-state index in [-0.39, 0.29) is 11.9 Å². The molecule has 1 atom stereocenters. The molecule has 23 heavy (non-hydrogen) atoms. The zero-order valence-electron chi connectivity index (χ0n) is 12.8. The molecule has 0 radical (unpaired) electrons. The lowest BCUT2D eigenvalue weighted by atomic mass is 10.1. The van der Waals surface area contributed by atoms with Crippen molar-refractivity contribution in [2.75, 3.05) is 7.05 Å². The number of nitro groups is 1. The summed E-state index contributed by atoms with van der Waals surface area (Å²) in [5.74, 6) is 0.559. The Morgan fingerprint density at radius 1 is 1.17 bits per heavy atom. The molecular weight excluding hydrogens is 296 g/mol. The predicted octanol–water partition coefficient (Wildman–Crippen LogP) is 2.73. The third-order valence-electron chi connectivity index (χ3n) is 3.59. The summed E-state index contributed by atoms with van der Waals surface area (Å²) >= 11 is 0. The fourth-order valence-corrected chi connectivity index (χ4v) is 2.28. The summed E-state index contributed by atoms with van der Waals surface area (Å²) in [5, 5.41) is 16.6. The summed E-state index contributed by atoms with van der Waals surface area (Å²) in [6.07, 6.45) is -0.373. The van der Waals surface area contributed by atoms with Crippen molar-refractivity contribution < 1.29 is 9.76 Å². The van der Waals surface area contributed by atoms with E-state index in [1.165, 1.54) is 17.7 Å². The molecule has 0 spiro atoms. The van der Waals surface area contributed by atoms with Gasteiger partial charge in [-0.15, -0.1) is 0 Å². The van der Waals surface area contributed by atoms with Gasteiger partial charge in [-0.05, 0) is 19.1 Å². The maximum atomic E-state index is 10.7. The van der Waals surface area contributed by atoms with E-state index in [0.717, 1.165) is 11.1 Å². The van der Waals surface area contributed by atoms with Crippen molar-refractivity contribution in [3.8, 4) is 0 Å². The molecule has 0 aliphatic carbocycles. The van der Waals surface area contributed by atoms with Crippen molar-refractivity contribution in [3.63, 3.8) is 0 Å². The normalized spacial score (nSPS) is 17.4. The van der Waals surface area contributed by atoms with Gasteiger partial charge in [0.25, 0.3) is 5.69 Å². The molecule has 0 saturated heterocycles. The van der Waals surface area contributed by atoms with Crippen LogP contribution in [-0.4, -0.2) is 22.8 Å². The van der Waals surface area contributed by atoms with E-state index in [1.54, 1.807) is 17.1 Å². The molecule has 1 unspecified atom stereocenters. The summed E-state index contributed by atoms with van der Waals surface area (Å²) in [5.41, 5.74) is 6.10. The van der Waals surface area contributed by atoms with E-state index in [9.17, 15) is 10.1 Å². The van der Waals surface area contributed by atoms with Crippen LogP contribution in [0.25, 0.3) is 0 Å². The zero-order valence-corrected chi connectivity index (χ0v) is 12.8. The van der Waals surface area contributed by atoms with E-state index >= 15 is 0 Å². The fraction of sp³-hybridized carbons (Fsp3) is 0.188. The van der Waals surface area contributed by atoms with Gasteiger partial charge in [0.1, 0.15) is 0 Å². The molecule has 0 amide bonds. The maximum Gasteiger partial charge on any atom is 0.269 e. The van der Waals surface area contributed by atoms with Gasteiger partial charge >= 0.3 is 0 Å². The second-order valence-electron chi connectivity index (χ2n) is 5.30. The van der Waals surface area contributed by atoms with E-state index in [0.29, 0.717) is 5.84 Å². The number of hydrazine groups is 1. The first kappa shape index (κ1) is 15.0. The lowest BCUT2D eigenvalue weighted by Crippen LogP contribution is -2.46. The highest BCUT2D eigenvalue weighted by Gasteiger charge is 2.23.